The predicted octanol–water partition coefficient (Wildman–Crippen LogP) is 3.52. The van der Waals surface area contributed by atoms with E-state index < -0.39 is 12.0 Å². The number of ether oxygens (including phenoxy) is 1. The molecule has 0 spiro atoms. The van der Waals surface area contributed by atoms with E-state index in [1.807, 2.05) is 25.1 Å². The number of aromatic nitrogens is 2. The van der Waals surface area contributed by atoms with Crippen LogP contribution in [0.1, 0.15) is 37.1 Å². The van der Waals surface area contributed by atoms with E-state index in [0.29, 0.717) is 37.6 Å². The van der Waals surface area contributed by atoms with Crippen LogP contribution in [0.2, 0.25) is 0 Å². The fourth-order valence-electron chi connectivity index (χ4n) is 3.58. The van der Waals surface area contributed by atoms with Crippen LogP contribution < -0.4 is 4.74 Å². The number of pyridine rings is 2. The van der Waals surface area contributed by atoms with Gasteiger partial charge in [0.05, 0.1) is 25.3 Å². The molecular weight excluding hydrogens is 452 g/mol. The molecule has 2 aromatic rings. The number of carbonyl (C=O) groups is 2. The molecule has 0 aromatic carbocycles. The molecule has 9 heteroatoms. The summed E-state index contributed by atoms with van der Waals surface area (Å²) in [6.45, 7) is 4.00. The zero-order valence-electron chi connectivity index (χ0n) is 16.8. The molecule has 1 atom stereocenters. The minimum absolute atomic E-state index is 0.148. The smallest absolute Gasteiger partial charge is 0.320 e. The van der Waals surface area contributed by atoms with Crippen molar-refractivity contribution in [3.63, 3.8) is 0 Å². The summed E-state index contributed by atoms with van der Waals surface area (Å²) in [5.41, 5.74) is 1.63. The van der Waals surface area contributed by atoms with Gasteiger partial charge in [-0.2, -0.15) is 0 Å². The van der Waals surface area contributed by atoms with E-state index in [0.717, 1.165) is 23.1 Å². The zero-order chi connectivity index (χ0) is 21.5. The molecule has 1 fully saturated rings. The van der Waals surface area contributed by atoms with Crippen LogP contribution >= 0.6 is 15.9 Å². The third-order valence-corrected chi connectivity index (χ3v) is 5.38. The fraction of sp³-hybridized carbons (Fsp3) is 0.429. The lowest BCUT2D eigenvalue weighted by atomic mass is 10.0. The third-order valence-electron chi connectivity index (χ3n) is 4.94. The van der Waals surface area contributed by atoms with Crippen molar-refractivity contribution in [2.75, 3.05) is 26.2 Å². The van der Waals surface area contributed by atoms with E-state index in [9.17, 15) is 14.7 Å². The monoisotopic (exact) mass is 476 g/mol. The van der Waals surface area contributed by atoms with Crippen LogP contribution in [0.5, 0.6) is 5.75 Å². The molecule has 0 radical (unpaired) electrons. The number of hydrogen-bond acceptors (Lipinski definition) is 5. The number of urea groups is 1. The van der Waals surface area contributed by atoms with Gasteiger partial charge in [0.1, 0.15) is 10.4 Å². The van der Waals surface area contributed by atoms with Gasteiger partial charge in [-0.1, -0.05) is 6.07 Å². The number of rotatable bonds is 10. The van der Waals surface area contributed by atoms with E-state index in [-0.39, 0.29) is 12.5 Å². The predicted molar refractivity (Wildman–Crippen MR) is 114 cm³/mol. The number of aliphatic carboxylic acids is 1. The second-order valence-electron chi connectivity index (χ2n) is 7.02. The number of nitrogens with zero attached hydrogens (tertiary/aromatic N) is 4. The van der Waals surface area contributed by atoms with Crippen LogP contribution in [-0.4, -0.2) is 63.1 Å². The number of aryl methyl sites for hydroxylation is 1. The van der Waals surface area contributed by atoms with Gasteiger partial charge in [-0.05, 0) is 59.5 Å². The summed E-state index contributed by atoms with van der Waals surface area (Å²) in [4.78, 5) is 36.4. The van der Waals surface area contributed by atoms with Crippen LogP contribution in [-0.2, 0) is 11.2 Å². The van der Waals surface area contributed by atoms with Crippen molar-refractivity contribution in [2.24, 2.45) is 0 Å². The highest BCUT2D eigenvalue weighted by molar-refractivity contribution is 9.10. The summed E-state index contributed by atoms with van der Waals surface area (Å²) in [5, 5.41) is 9.41. The Labute approximate surface area is 184 Å². The van der Waals surface area contributed by atoms with Crippen molar-refractivity contribution in [2.45, 2.75) is 32.2 Å². The summed E-state index contributed by atoms with van der Waals surface area (Å²) in [6.07, 6.45) is 4.55. The summed E-state index contributed by atoms with van der Waals surface area (Å²) in [5.74, 6) is -0.399. The maximum Gasteiger partial charge on any atom is 0.320 e. The van der Waals surface area contributed by atoms with Gasteiger partial charge in [0, 0.05) is 31.5 Å². The summed E-state index contributed by atoms with van der Waals surface area (Å²) >= 11 is 3.37. The molecule has 3 rings (SSSR count). The molecule has 0 bridgehead atoms. The van der Waals surface area contributed by atoms with Crippen LogP contribution in [0, 0.1) is 0 Å². The van der Waals surface area contributed by atoms with Crippen molar-refractivity contribution < 1.29 is 19.4 Å². The molecule has 0 saturated carbocycles. The highest BCUT2D eigenvalue weighted by atomic mass is 79.9. The van der Waals surface area contributed by atoms with Crippen molar-refractivity contribution in [3.8, 4) is 5.75 Å². The molecule has 1 N–H and O–H groups in total. The van der Waals surface area contributed by atoms with E-state index >= 15 is 0 Å². The zero-order valence-corrected chi connectivity index (χ0v) is 18.4. The van der Waals surface area contributed by atoms with Gasteiger partial charge >= 0.3 is 12.0 Å². The molecular formula is C21H25BrN4O4. The van der Waals surface area contributed by atoms with E-state index in [1.54, 1.807) is 28.3 Å². The SMILES string of the molecule is CCOc1cncc(C(CC(=O)O)N2CCN(CCCc3cccc(Br)n3)C2=O)c1. The largest absolute Gasteiger partial charge is 0.492 e. The first-order chi connectivity index (χ1) is 14.5. The minimum Gasteiger partial charge on any atom is -0.492 e. The van der Waals surface area contributed by atoms with E-state index in [4.69, 9.17) is 4.74 Å². The highest BCUT2D eigenvalue weighted by Gasteiger charge is 2.35. The topological polar surface area (TPSA) is 95.9 Å². The molecule has 0 aliphatic carbocycles. The number of halogens is 1. The second-order valence-corrected chi connectivity index (χ2v) is 7.83. The average Bonchev–Trinajstić information content (AvgIpc) is 3.07. The van der Waals surface area contributed by atoms with Gasteiger partial charge in [0.15, 0.2) is 0 Å². The fourth-order valence-corrected chi connectivity index (χ4v) is 3.96. The maximum atomic E-state index is 13.0. The first kappa shape index (κ1) is 22.0. The Morgan fingerprint density at radius 1 is 1.33 bits per heavy atom. The molecule has 2 amide bonds. The van der Waals surface area contributed by atoms with Crippen molar-refractivity contribution in [1.82, 2.24) is 19.8 Å². The van der Waals surface area contributed by atoms with Crippen molar-refractivity contribution in [1.29, 1.82) is 0 Å². The number of carbonyl (C=O) groups excluding carboxylic acids is 1. The average molecular weight is 477 g/mol. The van der Waals surface area contributed by atoms with Crippen LogP contribution in [0.3, 0.4) is 0 Å². The van der Waals surface area contributed by atoms with Crippen LogP contribution in [0.15, 0.2) is 41.3 Å². The van der Waals surface area contributed by atoms with Gasteiger partial charge in [-0.15, -0.1) is 0 Å². The summed E-state index contributed by atoms with van der Waals surface area (Å²) < 4.78 is 6.28. The molecule has 1 aliphatic rings. The maximum absolute atomic E-state index is 13.0. The Kier molecular flexibility index (Phi) is 7.62. The molecule has 1 aliphatic heterocycles. The van der Waals surface area contributed by atoms with Crippen LogP contribution in [0.25, 0.3) is 0 Å². The standard InChI is InChI=1S/C21H25BrN4O4/c1-2-30-17-11-15(13-23-14-17)18(12-20(27)28)26-10-9-25(21(26)29)8-4-6-16-5-3-7-19(22)24-16/h3,5,7,11,13-14,18H,2,4,6,8-10,12H2,1H3,(H,27,28). The van der Waals surface area contributed by atoms with Crippen LogP contribution in [0.4, 0.5) is 4.79 Å². The van der Waals surface area contributed by atoms with Gasteiger partial charge in [-0.25, -0.2) is 9.78 Å². The molecule has 1 saturated heterocycles. The van der Waals surface area contributed by atoms with Gasteiger partial charge in [-0.3, -0.25) is 9.78 Å². The third kappa shape index (κ3) is 5.69. The lowest BCUT2D eigenvalue weighted by molar-refractivity contribution is -0.138. The molecule has 1 unspecified atom stereocenters. The Morgan fingerprint density at radius 2 is 2.17 bits per heavy atom. The van der Waals surface area contributed by atoms with Gasteiger partial charge in [0.25, 0.3) is 0 Å². The lowest BCUT2D eigenvalue weighted by Gasteiger charge is -2.27. The lowest BCUT2D eigenvalue weighted by Crippen LogP contribution is -2.36. The Morgan fingerprint density at radius 3 is 2.90 bits per heavy atom. The number of amides is 2. The van der Waals surface area contributed by atoms with Gasteiger partial charge < -0.3 is 19.6 Å². The first-order valence-corrected chi connectivity index (χ1v) is 10.7. The Bertz CT molecular complexity index is 895. The summed E-state index contributed by atoms with van der Waals surface area (Å²) in [7, 11) is 0. The molecule has 30 heavy (non-hydrogen) atoms. The molecule has 8 nitrogen and oxygen atoms in total. The second kappa shape index (κ2) is 10.4. The first-order valence-electron chi connectivity index (χ1n) is 9.94. The normalized spacial score (nSPS) is 14.8. The molecule has 2 aromatic heterocycles. The Balaban J connectivity index is 1.66. The highest BCUT2D eigenvalue weighted by Crippen LogP contribution is 2.30. The van der Waals surface area contributed by atoms with E-state index in [2.05, 4.69) is 25.9 Å². The summed E-state index contributed by atoms with van der Waals surface area (Å²) in [6, 6.07) is 6.81. The number of carboxylic acid groups (broad SMARTS) is 1. The molecule has 160 valence electrons. The van der Waals surface area contributed by atoms with Gasteiger partial charge in [0.2, 0.25) is 0 Å². The van der Waals surface area contributed by atoms with E-state index in [1.165, 1.54) is 0 Å². The van der Waals surface area contributed by atoms with Crippen molar-refractivity contribution >= 4 is 27.9 Å². The molecule has 3 heterocycles. The minimum atomic E-state index is -0.964. The Hall–Kier alpha value is -2.68. The van der Waals surface area contributed by atoms with Crippen molar-refractivity contribution in [3.05, 3.63) is 52.5 Å². The quantitative estimate of drug-likeness (QED) is 0.526. The number of carboxylic acids is 1. The number of hydrogen-bond donors (Lipinski definition) is 1.